The molecule has 0 atom stereocenters. The van der Waals surface area contributed by atoms with Gasteiger partial charge in [0.25, 0.3) is 11.1 Å². The summed E-state index contributed by atoms with van der Waals surface area (Å²) in [6.07, 6.45) is 5.55. The molecule has 0 saturated carbocycles. The fraction of sp³-hybridized carbons (Fsp3) is 0.308. The lowest BCUT2D eigenvalue weighted by Crippen LogP contribution is -2.16. The number of aromatic nitrogens is 5. The molecule has 0 radical (unpaired) electrons. The van der Waals surface area contributed by atoms with Crippen LogP contribution in [0.5, 0.6) is 10.9 Å². The summed E-state index contributed by atoms with van der Waals surface area (Å²) in [7, 11) is 1.57. The van der Waals surface area contributed by atoms with Gasteiger partial charge in [-0.3, -0.25) is 25.1 Å². The quantitative estimate of drug-likeness (QED) is 0.331. The standard InChI is InChI=1S/C26H28N6O4S/c1-6-17-10-20(22(35-5)13-29-17)19-9-15(2)27-12-21(19)23(33)30-24-31-32-25(37-24)36-14-18-8-7-16(11-28-18)26(3,4)34/h7-13,34H,6,14H2,1-5H3,(H,30,31,33). The Balaban J connectivity index is 1.49. The summed E-state index contributed by atoms with van der Waals surface area (Å²) >= 11 is 1.10. The number of carbonyl (C=O) groups is 1. The SMILES string of the molecule is CCc1cc(-c2cc(C)ncc2C(=O)Nc2nnc(OCc3ccc(C(C)(C)O)cn3)s2)c(OC)cn1. The molecule has 0 fully saturated rings. The number of anilines is 1. The van der Waals surface area contributed by atoms with E-state index in [-0.39, 0.29) is 22.8 Å². The smallest absolute Gasteiger partial charge is 0.296 e. The second-order valence-electron chi connectivity index (χ2n) is 8.81. The molecule has 11 heteroatoms. The Kier molecular flexibility index (Phi) is 7.74. The van der Waals surface area contributed by atoms with Crippen LogP contribution >= 0.6 is 11.3 Å². The lowest BCUT2D eigenvalue weighted by atomic mass is 9.99. The number of methoxy groups -OCH3 is 1. The number of ether oxygens (including phenoxy) is 2. The maximum atomic E-state index is 13.2. The molecule has 0 aliphatic rings. The van der Waals surface area contributed by atoms with Gasteiger partial charge in [-0.25, -0.2) is 0 Å². The van der Waals surface area contributed by atoms with Crippen molar-refractivity contribution in [2.75, 3.05) is 12.4 Å². The highest BCUT2D eigenvalue weighted by molar-refractivity contribution is 7.17. The fourth-order valence-electron chi connectivity index (χ4n) is 3.51. The van der Waals surface area contributed by atoms with Crippen molar-refractivity contribution in [3.8, 4) is 22.1 Å². The van der Waals surface area contributed by atoms with E-state index in [1.54, 1.807) is 45.5 Å². The molecule has 4 rings (SSSR count). The number of amides is 1. The van der Waals surface area contributed by atoms with Crippen molar-refractivity contribution in [3.63, 3.8) is 0 Å². The van der Waals surface area contributed by atoms with Crippen molar-refractivity contribution in [3.05, 3.63) is 71.1 Å². The Morgan fingerprint density at radius 1 is 1.05 bits per heavy atom. The van der Waals surface area contributed by atoms with E-state index in [1.165, 1.54) is 6.20 Å². The van der Waals surface area contributed by atoms with Crippen LogP contribution in [0.1, 0.15) is 53.8 Å². The molecule has 2 N–H and O–H groups in total. The van der Waals surface area contributed by atoms with E-state index in [9.17, 15) is 9.90 Å². The predicted octanol–water partition coefficient (Wildman–Crippen LogP) is 4.33. The lowest BCUT2D eigenvalue weighted by Gasteiger charge is -2.17. The lowest BCUT2D eigenvalue weighted by molar-refractivity contribution is 0.0781. The molecule has 4 heterocycles. The molecule has 0 aromatic carbocycles. The number of pyridine rings is 3. The average molecular weight is 521 g/mol. The summed E-state index contributed by atoms with van der Waals surface area (Å²) in [5.41, 5.74) is 3.86. The van der Waals surface area contributed by atoms with Crippen molar-refractivity contribution >= 4 is 22.4 Å². The van der Waals surface area contributed by atoms with Crippen molar-refractivity contribution in [1.29, 1.82) is 0 Å². The van der Waals surface area contributed by atoms with Crippen LogP contribution in [0.2, 0.25) is 0 Å². The van der Waals surface area contributed by atoms with E-state index in [4.69, 9.17) is 9.47 Å². The van der Waals surface area contributed by atoms with E-state index in [2.05, 4.69) is 30.5 Å². The number of hydrogen-bond acceptors (Lipinski definition) is 10. The van der Waals surface area contributed by atoms with Crippen LogP contribution in [-0.4, -0.2) is 43.3 Å². The zero-order chi connectivity index (χ0) is 26.6. The van der Waals surface area contributed by atoms with Gasteiger partial charge in [0.1, 0.15) is 12.4 Å². The first-order valence-corrected chi connectivity index (χ1v) is 12.4. The van der Waals surface area contributed by atoms with Crippen LogP contribution in [0.4, 0.5) is 5.13 Å². The Labute approximate surface area is 218 Å². The number of nitrogens with one attached hydrogen (secondary N) is 1. The number of aryl methyl sites for hydroxylation is 2. The molecule has 0 bridgehead atoms. The summed E-state index contributed by atoms with van der Waals surface area (Å²) in [5, 5.41) is 21.4. The van der Waals surface area contributed by atoms with Gasteiger partial charge in [0.15, 0.2) is 0 Å². The van der Waals surface area contributed by atoms with E-state index >= 15 is 0 Å². The first-order chi connectivity index (χ1) is 17.7. The molecule has 0 unspecified atom stereocenters. The van der Waals surface area contributed by atoms with Gasteiger partial charge in [0.2, 0.25) is 5.13 Å². The molecule has 37 heavy (non-hydrogen) atoms. The van der Waals surface area contributed by atoms with Gasteiger partial charge in [-0.1, -0.05) is 18.1 Å². The average Bonchev–Trinajstić information content (AvgIpc) is 3.33. The minimum Gasteiger partial charge on any atom is -0.494 e. The Morgan fingerprint density at radius 3 is 2.51 bits per heavy atom. The number of nitrogens with zero attached hydrogens (tertiary/aromatic N) is 5. The van der Waals surface area contributed by atoms with Crippen molar-refractivity contribution < 1.29 is 19.4 Å². The molecule has 0 aliphatic carbocycles. The van der Waals surface area contributed by atoms with Crippen LogP contribution in [-0.2, 0) is 18.6 Å². The van der Waals surface area contributed by atoms with Gasteiger partial charge < -0.3 is 14.6 Å². The summed E-state index contributed by atoms with van der Waals surface area (Å²) in [4.78, 5) is 26.2. The largest absolute Gasteiger partial charge is 0.494 e. The van der Waals surface area contributed by atoms with Crippen molar-refractivity contribution in [2.24, 2.45) is 0 Å². The number of aliphatic hydroxyl groups is 1. The first-order valence-electron chi connectivity index (χ1n) is 11.6. The molecule has 10 nitrogen and oxygen atoms in total. The first kappa shape index (κ1) is 26.1. The highest BCUT2D eigenvalue weighted by Gasteiger charge is 2.20. The van der Waals surface area contributed by atoms with Gasteiger partial charge in [0.05, 0.1) is 30.2 Å². The van der Waals surface area contributed by atoms with Gasteiger partial charge >= 0.3 is 0 Å². The van der Waals surface area contributed by atoms with Crippen molar-refractivity contribution in [2.45, 2.75) is 46.3 Å². The number of hydrogen-bond donors (Lipinski definition) is 2. The summed E-state index contributed by atoms with van der Waals surface area (Å²) in [6, 6.07) is 7.34. The summed E-state index contributed by atoms with van der Waals surface area (Å²) in [5.74, 6) is 0.179. The fourth-order valence-corrected chi connectivity index (χ4v) is 4.10. The highest BCUT2D eigenvalue weighted by atomic mass is 32.1. The zero-order valence-corrected chi connectivity index (χ0v) is 22.1. The Bertz CT molecular complexity index is 1400. The van der Waals surface area contributed by atoms with Crippen LogP contribution in [0, 0.1) is 6.92 Å². The molecule has 1 amide bonds. The van der Waals surface area contributed by atoms with Gasteiger partial charge in [-0.15, -0.1) is 5.10 Å². The molecular formula is C26H28N6O4S. The van der Waals surface area contributed by atoms with Crippen LogP contribution in [0.15, 0.2) is 42.9 Å². The zero-order valence-electron chi connectivity index (χ0n) is 21.3. The van der Waals surface area contributed by atoms with Gasteiger partial charge in [-0.05, 0) is 56.7 Å². The molecule has 0 saturated heterocycles. The van der Waals surface area contributed by atoms with Crippen LogP contribution < -0.4 is 14.8 Å². The topological polar surface area (TPSA) is 132 Å². The molecule has 0 aliphatic heterocycles. The summed E-state index contributed by atoms with van der Waals surface area (Å²) < 4.78 is 11.2. The molecule has 0 spiro atoms. The Morgan fingerprint density at radius 2 is 1.84 bits per heavy atom. The normalized spacial score (nSPS) is 11.3. The predicted molar refractivity (Wildman–Crippen MR) is 140 cm³/mol. The second-order valence-corrected chi connectivity index (χ2v) is 9.75. The number of rotatable bonds is 9. The van der Waals surface area contributed by atoms with Crippen LogP contribution in [0.3, 0.4) is 0 Å². The van der Waals surface area contributed by atoms with Crippen LogP contribution in [0.25, 0.3) is 11.1 Å². The van der Waals surface area contributed by atoms with E-state index in [1.807, 2.05) is 26.0 Å². The molecule has 4 aromatic heterocycles. The third-order valence-corrected chi connectivity index (χ3v) is 6.33. The monoisotopic (exact) mass is 520 g/mol. The maximum Gasteiger partial charge on any atom is 0.296 e. The molecule has 192 valence electrons. The van der Waals surface area contributed by atoms with E-state index in [0.29, 0.717) is 28.1 Å². The third-order valence-electron chi connectivity index (χ3n) is 5.58. The molecule has 4 aromatic rings. The van der Waals surface area contributed by atoms with E-state index < -0.39 is 5.60 Å². The van der Waals surface area contributed by atoms with Gasteiger partial charge in [0, 0.05) is 40.5 Å². The van der Waals surface area contributed by atoms with Crippen molar-refractivity contribution in [1.82, 2.24) is 25.1 Å². The molecular weight excluding hydrogens is 492 g/mol. The third kappa shape index (κ3) is 6.25. The van der Waals surface area contributed by atoms with Gasteiger partial charge in [-0.2, -0.15) is 0 Å². The van der Waals surface area contributed by atoms with E-state index in [0.717, 1.165) is 34.7 Å². The number of carbonyl (C=O) groups excluding carboxylic acids is 1. The Hall–Kier alpha value is -3.96. The summed E-state index contributed by atoms with van der Waals surface area (Å²) in [6.45, 7) is 7.44. The minimum atomic E-state index is -0.966. The maximum absolute atomic E-state index is 13.2. The second kappa shape index (κ2) is 11.0. The highest BCUT2D eigenvalue weighted by Crippen LogP contribution is 2.33. The minimum absolute atomic E-state index is 0.169.